The number of carboxylic acid groups (broad SMARTS) is 1. The fourth-order valence-corrected chi connectivity index (χ4v) is 1.74. The van der Waals surface area contributed by atoms with Gasteiger partial charge < -0.3 is 10.0 Å². The van der Waals surface area contributed by atoms with Gasteiger partial charge in [-0.05, 0) is 37.0 Å². The quantitative estimate of drug-likeness (QED) is 0.739. The van der Waals surface area contributed by atoms with Gasteiger partial charge in [-0.3, -0.25) is 4.79 Å². The van der Waals surface area contributed by atoms with Gasteiger partial charge in [-0.1, -0.05) is 19.1 Å². The molecule has 3 heteroatoms. The minimum atomic E-state index is -0.708. The summed E-state index contributed by atoms with van der Waals surface area (Å²) in [6, 6.07) is 8.53. The maximum Gasteiger partial charge on any atom is 0.303 e. The Morgan fingerprint density at radius 3 is 2.41 bits per heavy atom. The number of anilines is 1. The van der Waals surface area contributed by atoms with Crippen LogP contribution in [0.3, 0.4) is 0 Å². The van der Waals surface area contributed by atoms with Crippen molar-refractivity contribution in [3.63, 3.8) is 0 Å². The molecular formula is C14H21NO2. The summed E-state index contributed by atoms with van der Waals surface area (Å²) in [6.45, 7) is 3.05. The van der Waals surface area contributed by atoms with Crippen molar-refractivity contribution in [1.82, 2.24) is 0 Å². The molecule has 0 atom stereocenters. The summed E-state index contributed by atoms with van der Waals surface area (Å²) in [7, 11) is 2.04. The molecule has 0 saturated heterocycles. The highest BCUT2D eigenvalue weighted by Gasteiger charge is 2.02. The molecule has 0 unspecified atom stereocenters. The van der Waals surface area contributed by atoms with Crippen LogP contribution in [0.1, 0.15) is 31.7 Å². The lowest BCUT2D eigenvalue weighted by Gasteiger charge is -2.19. The Labute approximate surface area is 103 Å². The van der Waals surface area contributed by atoms with E-state index in [-0.39, 0.29) is 6.42 Å². The number of nitrogens with zero attached hydrogens (tertiary/aromatic N) is 1. The number of carbonyl (C=O) groups is 1. The van der Waals surface area contributed by atoms with Crippen LogP contribution in [0.2, 0.25) is 0 Å². The molecular weight excluding hydrogens is 214 g/mol. The lowest BCUT2D eigenvalue weighted by molar-refractivity contribution is -0.137. The Morgan fingerprint density at radius 2 is 1.88 bits per heavy atom. The van der Waals surface area contributed by atoms with Crippen molar-refractivity contribution in [3.8, 4) is 0 Å². The molecule has 94 valence electrons. The second-order valence-electron chi connectivity index (χ2n) is 4.29. The summed E-state index contributed by atoms with van der Waals surface area (Å²) in [5, 5.41) is 8.54. The third-order valence-electron chi connectivity index (χ3n) is 2.92. The number of aliphatic carboxylic acids is 1. The molecule has 0 fully saturated rings. The highest BCUT2D eigenvalue weighted by atomic mass is 16.4. The van der Waals surface area contributed by atoms with Crippen LogP contribution in [0.4, 0.5) is 5.69 Å². The summed E-state index contributed by atoms with van der Waals surface area (Å²) >= 11 is 0. The predicted molar refractivity (Wildman–Crippen MR) is 70.6 cm³/mol. The van der Waals surface area contributed by atoms with Crippen molar-refractivity contribution in [3.05, 3.63) is 29.8 Å². The Hall–Kier alpha value is -1.51. The van der Waals surface area contributed by atoms with Crippen LogP contribution in [0.25, 0.3) is 0 Å². The lowest BCUT2D eigenvalue weighted by Crippen LogP contribution is -2.18. The molecule has 3 nitrogen and oxygen atoms in total. The van der Waals surface area contributed by atoms with Crippen LogP contribution in [-0.2, 0) is 11.2 Å². The molecule has 1 aromatic rings. The molecule has 0 aromatic heterocycles. The number of rotatable bonds is 7. The Kier molecular flexibility index (Phi) is 5.53. The molecule has 0 amide bonds. The van der Waals surface area contributed by atoms with Crippen LogP contribution < -0.4 is 4.90 Å². The van der Waals surface area contributed by atoms with Gasteiger partial charge in [0.25, 0.3) is 0 Å². The standard InChI is InChI=1S/C14H21NO2/c1-3-12-7-9-13(10-8-12)15(2)11-5-4-6-14(16)17/h7-10H,3-6,11H2,1-2H3,(H,16,17). The molecule has 0 radical (unpaired) electrons. The van der Waals surface area contributed by atoms with Gasteiger partial charge in [0.15, 0.2) is 0 Å². The first-order valence-electron chi connectivity index (χ1n) is 6.15. The first-order valence-corrected chi connectivity index (χ1v) is 6.15. The molecule has 1 N–H and O–H groups in total. The van der Waals surface area contributed by atoms with Crippen molar-refractivity contribution in [2.45, 2.75) is 32.6 Å². The molecule has 17 heavy (non-hydrogen) atoms. The normalized spacial score (nSPS) is 10.2. The number of hydrogen-bond acceptors (Lipinski definition) is 2. The summed E-state index contributed by atoms with van der Waals surface area (Å²) in [5.41, 5.74) is 2.53. The summed E-state index contributed by atoms with van der Waals surface area (Å²) in [6.07, 6.45) is 2.98. The van der Waals surface area contributed by atoms with E-state index in [2.05, 4.69) is 36.1 Å². The largest absolute Gasteiger partial charge is 0.481 e. The lowest BCUT2D eigenvalue weighted by atomic mass is 10.1. The predicted octanol–water partition coefficient (Wildman–Crippen LogP) is 2.94. The van der Waals surface area contributed by atoms with Crippen LogP contribution in [0.15, 0.2) is 24.3 Å². The van der Waals surface area contributed by atoms with Crippen molar-refractivity contribution in [2.24, 2.45) is 0 Å². The van der Waals surface area contributed by atoms with Crippen LogP contribution in [-0.4, -0.2) is 24.7 Å². The van der Waals surface area contributed by atoms with Crippen molar-refractivity contribution in [1.29, 1.82) is 0 Å². The van der Waals surface area contributed by atoms with Gasteiger partial charge in [0.05, 0.1) is 0 Å². The molecule has 0 heterocycles. The van der Waals surface area contributed by atoms with Gasteiger partial charge >= 0.3 is 5.97 Å². The minimum absolute atomic E-state index is 0.266. The van der Waals surface area contributed by atoms with E-state index in [1.807, 2.05) is 7.05 Å². The van der Waals surface area contributed by atoms with Gasteiger partial charge in [0, 0.05) is 25.7 Å². The van der Waals surface area contributed by atoms with Gasteiger partial charge in [-0.15, -0.1) is 0 Å². The second-order valence-corrected chi connectivity index (χ2v) is 4.29. The van der Waals surface area contributed by atoms with Gasteiger partial charge in [0.1, 0.15) is 0 Å². The topological polar surface area (TPSA) is 40.5 Å². The molecule has 0 aliphatic carbocycles. The van der Waals surface area contributed by atoms with E-state index in [0.717, 1.165) is 25.8 Å². The van der Waals surface area contributed by atoms with E-state index in [4.69, 9.17) is 5.11 Å². The van der Waals surface area contributed by atoms with Crippen molar-refractivity contribution >= 4 is 11.7 Å². The zero-order valence-electron chi connectivity index (χ0n) is 10.6. The van der Waals surface area contributed by atoms with E-state index in [9.17, 15) is 4.79 Å². The van der Waals surface area contributed by atoms with Crippen LogP contribution >= 0.6 is 0 Å². The monoisotopic (exact) mass is 235 g/mol. The third kappa shape index (κ3) is 4.89. The number of carboxylic acids is 1. The molecule has 0 aliphatic rings. The fourth-order valence-electron chi connectivity index (χ4n) is 1.74. The van der Waals surface area contributed by atoms with Gasteiger partial charge in [-0.2, -0.15) is 0 Å². The van der Waals surface area contributed by atoms with E-state index in [1.54, 1.807) is 0 Å². The van der Waals surface area contributed by atoms with Gasteiger partial charge in [0.2, 0.25) is 0 Å². The van der Waals surface area contributed by atoms with Crippen molar-refractivity contribution < 1.29 is 9.90 Å². The van der Waals surface area contributed by atoms with E-state index < -0.39 is 5.97 Å². The summed E-state index contributed by atoms with van der Waals surface area (Å²) in [4.78, 5) is 12.5. The molecule has 0 saturated carbocycles. The first-order chi connectivity index (χ1) is 8.13. The average molecular weight is 235 g/mol. The summed E-state index contributed by atoms with van der Waals surface area (Å²) in [5.74, 6) is -0.708. The molecule has 0 bridgehead atoms. The zero-order chi connectivity index (χ0) is 12.7. The van der Waals surface area contributed by atoms with Gasteiger partial charge in [-0.25, -0.2) is 0 Å². The van der Waals surface area contributed by atoms with Crippen LogP contribution in [0, 0.1) is 0 Å². The second kappa shape index (κ2) is 6.94. The average Bonchev–Trinajstić information content (AvgIpc) is 2.34. The Morgan fingerprint density at radius 1 is 1.24 bits per heavy atom. The highest BCUT2D eigenvalue weighted by molar-refractivity contribution is 5.66. The number of hydrogen-bond donors (Lipinski definition) is 1. The number of aryl methyl sites for hydroxylation is 1. The molecule has 0 aliphatic heterocycles. The number of benzene rings is 1. The molecule has 1 rings (SSSR count). The van der Waals surface area contributed by atoms with E-state index >= 15 is 0 Å². The maximum atomic E-state index is 10.4. The summed E-state index contributed by atoms with van der Waals surface area (Å²) < 4.78 is 0. The number of unbranched alkanes of at least 4 members (excludes halogenated alkanes) is 1. The smallest absolute Gasteiger partial charge is 0.303 e. The van der Waals surface area contributed by atoms with Crippen LogP contribution in [0.5, 0.6) is 0 Å². The minimum Gasteiger partial charge on any atom is -0.481 e. The third-order valence-corrected chi connectivity index (χ3v) is 2.92. The fraction of sp³-hybridized carbons (Fsp3) is 0.500. The Bertz CT molecular complexity index is 346. The molecule has 1 aromatic carbocycles. The SMILES string of the molecule is CCc1ccc(N(C)CCCCC(=O)O)cc1. The Balaban J connectivity index is 2.35. The first kappa shape index (κ1) is 13.6. The zero-order valence-corrected chi connectivity index (χ0v) is 10.6. The maximum absolute atomic E-state index is 10.4. The highest BCUT2D eigenvalue weighted by Crippen LogP contribution is 2.14. The molecule has 0 spiro atoms. The van der Waals surface area contributed by atoms with Crippen molar-refractivity contribution in [2.75, 3.05) is 18.5 Å². The van der Waals surface area contributed by atoms with E-state index in [1.165, 1.54) is 11.3 Å². The van der Waals surface area contributed by atoms with E-state index in [0.29, 0.717) is 0 Å².